The minimum atomic E-state index is 0.280. The normalized spacial score (nSPS) is 12.2. The number of rotatable bonds is 5. The van der Waals surface area contributed by atoms with Crippen LogP contribution in [0.1, 0.15) is 36.6 Å². The summed E-state index contributed by atoms with van der Waals surface area (Å²) < 4.78 is 5.91. The van der Waals surface area contributed by atoms with E-state index in [2.05, 4.69) is 45.1 Å². The summed E-state index contributed by atoms with van der Waals surface area (Å²) in [5.74, 6) is 1.51. The fraction of sp³-hybridized carbons (Fsp3) is 0.333. The van der Waals surface area contributed by atoms with Crippen molar-refractivity contribution >= 4 is 11.6 Å². The molecule has 0 aliphatic carbocycles. The van der Waals surface area contributed by atoms with E-state index < -0.39 is 0 Å². The number of benzene rings is 2. The Morgan fingerprint density at radius 1 is 1.10 bits per heavy atom. The van der Waals surface area contributed by atoms with Crippen LogP contribution >= 0.6 is 11.6 Å². The predicted octanol–water partition coefficient (Wildman–Crippen LogP) is 5.42. The molecule has 0 bridgehead atoms. The first-order chi connectivity index (χ1) is 9.99. The number of hydrogen-bond donors (Lipinski definition) is 1. The average molecular weight is 304 g/mol. The summed E-state index contributed by atoms with van der Waals surface area (Å²) in [6, 6.07) is 12.4. The van der Waals surface area contributed by atoms with E-state index in [9.17, 15) is 0 Å². The number of halogens is 1. The van der Waals surface area contributed by atoms with E-state index in [0.717, 1.165) is 17.9 Å². The predicted molar refractivity (Wildman–Crippen MR) is 89.5 cm³/mol. The Balaban J connectivity index is 2.21. The van der Waals surface area contributed by atoms with Crippen LogP contribution in [0.25, 0.3) is 0 Å². The summed E-state index contributed by atoms with van der Waals surface area (Å²) >= 11 is 6.35. The summed E-state index contributed by atoms with van der Waals surface area (Å²) in [4.78, 5) is 0. The molecule has 112 valence electrons. The molecule has 2 rings (SSSR count). The van der Waals surface area contributed by atoms with Gasteiger partial charge in [-0.3, -0.25) is 0 Å². The molecule has 0 aliphatic rings. The fourth-order valence-corrected chi connectivity index (χ4v) is 2.64. The summed E-state index contributed by atoms with van der Waals surface area (Å²) in [6.07, 6.45) is 0. The van der Waals surface area contributed by atoms with Gasteiger partial charge in [0.1, 0.15) is 11.5 Å². The van der Waals surface area contributed by atoms with E-state index in [1.54, 1.807) is 0 Å². The van der Waals surface area contributed by atoms with Crippen molar-refractivity contribution in [1.29, 1.82) is 0 Å². The molecule has 0 radical (unpaired) electrons. The Labute approximate surface area is 132 Å². The second-order valence-electron chi connectivity index (χ2n) is 5.39. The lowest BCUT2D eigenvalue weighted by Crippen LogP contribution is -2.17. The van der Waals surface area contributed by atoms with Crippen LogP contribution in [0, 0.1) is 13.8 Å². The molecule has 1 atom stereocenters. The topological polar surface area (TPSA) is 21.3 Å². The molecular weight excluding hydrogens is 282 g/mol. The lowest BCUT2D eigenvalue weighted by molar-refractivity contribution is 0.481. The lowest BCUT2D eigenvalue weighted by atomic mass is 10.1. The zero-order chi connectivity index (χ0) is 15.4. The minimum absolute atomic E-state index is 0.280. The average Bonchev–Trinajstić information content (AvgIpc) is 2.40. The van der Waals surface area contributed by atoms with Crippen LogP contribution in [0.3, 0.4) is 0 Å². The molecule has 0 fully saturated rings. The molecule has 0 amide bonds. The first-order valence-corrected chi connectivity index (χ1v) is 7.66. The molecule has 1 N–H and O–H groups in total. The molecular formula is C18H22ClNO. The van der Waals surface area contributed by atoms with Gasteiger partial charge in [-0.25, -0.2) is 0 Å². The van der Waals surface area contributed by atoms with Crippen LogP contribution in [-0.2, 0) is 0 Å². The summed E-state index contributed by atoms with van der Waals surface area (Å²) in [6.45, 7) is 9.26. The third-order valence-electron chi connectivity index (χ3n) is 3.39. The van der Waals surface area contributed by atoms with Gasteiger partial charge in [-0.05, 0) is 68.3 Å². The quantitative estimate of drug-likeness (QED) is 0.796. The maximum atomic E-state index is 6.35. The van der Waals surface area contributed by atoms with Crippen molar-refractivity contribution in [2.75, 3.05) is 6.54 Å². The zero-order valence-electron chi connectivity index (χ0n) is 13.0. The molecule has 3 heteroatoms. The van der Waals surface area contributed by atoms with Gasteiger partial charge in [0, 0.05) is 6.04 Å². The number of aryl methyl sites for hydroxylation is 2. The van der Waals surface area contributed by atoms with Gasteiger partial charge < -0.3 is 10.1 Å². The van der Waals surface area contributed by atoms with Gasteiger partial charge >= 0.3 is 0 Å². The number of nitrogens with one attached hydrogen (secondary N) is 1. The monoisotopic (exact) mass is 303 g/mol. The standard InChI is InChI=1S/C18H22ClNO/c1-5-20-14(4)15-6-7-18(17(19)11-15)21-16-9-12(2)8-13(3)10-16/h6-11,14,20H,5H2,1-4H3. The molecule has 2 nitrogen and oxygen atoms in total. The second-order valence-corrected chi connectivity index (χ2v) is 5.80. The van der Waals surface area contributed by atoms with Crippen molar-refractivity contribution < 1.29 is 4.74 Å². The van der Waals surface area contributed by atoms with Crippen molar-refractivity contribution in [3.05, 3.63) is 58.1 Å². The van der Waals surface area contributed by atoms with Gasteiger partial charge in [-0.1, -0.05) is 30.7 Å². The van der Waals surface area contributed by atoms with E-state index in [4.69, 9.17) is 16.3 Å². The Morgan fingerprint density at radius 3 is 2.33 bits per heavy atom. The van der Waals surface area contributed by atoms with Gasteiger partial charge in [-0.2, -0.15) is 0 Å². The highest BCUT2D eigenvalue weighted by Gasteiger charge is 2.09. The SMILES string of the molecule is CCNC(C)c1ccc(Oc2cc(C)cc(C)c2)c(Cl)c1. The van der Waals surface area contributed by atoms with Crippen LogP contribution in [0.5, 0.6) is 11.5 Å². The molecule has 0 saturated heterocycles. The molecule has 0 saturated carbocycles. The van der Waals surface area contributed by atoms with Gasteiger partial charge in [-0.15, -0.1) is 0 Å². The third-order valence-corrected chi connectivity index (χ3v) is 3.68. The van der Waals surface area contributed by atoms with Crippen LogP contribution in [0.15, 0.2) is 36.4 Å². The molecule has 0 heterocycles. The number of ether oxygens (including phenoxy) is 1. The molecule has 0 aromatic heterocycles. The Bertz CT molecular complexity index is 604. The van der Waals surface area contributed by atoms with Crippen molar-refractivity contribution in [3.8, 4) is 11.5 Å². The van der Waals surface area contributed by atoms with Gasteiger partial charge in [0.15, 0.2) is 0 Å². The highest BCUT2D eigenvalue weighted by Crippen LogP contribution is 2.32. The number of hydrogen-bond acceptors (Lipinski definition) is 2. The summed E-state index contributed by atoms with van der Waals surface area (Å²) in [5, 5.41) is 4.01. The van der Waals surface area contributed by atoms with E-state index >= 15 is 0 Å². The minimum Gasteiger partial charge on any atom is -0.456 e. The van der Waals surface area contributed by atoms with Gasteiger partial charge in [0.25, 0.3) is 0 Å². The Morgan fingerprint density at radius 2 is 1.76 bits per heavy atom. The van der Waals surface area contributed by atoms with Crippen LogP contribution in [0.2, 0.25) is 5.02 Å². The second kappa shape index (κ2) is 6.97. The molecule has 2 aromatic rings. The van der Waals surface area contributed by atoms with E-state index in [-0.39, 0.29) is 6.04 Å². The van der Waals surface area contributed by atoms with Gasteiger partial charge in [0.2, 0.25) is 0 Å². The van der Waals surface area contributed by atoms with Crippen molar-refractivity contribution in [3.63, 3.8) is 0 Å². The van der Waals surface area contributed by atoms with Crippen LogP contribution in [0.4, 0.5) is 0 Å². The third kappa shape index (κ3) is 4.23. The summed E-state index contributed by atoms with van der Waals surface area (Å²) in [5.41, 5.74) is 3.52. The van der Waals surface area contributed by atoms with Crippen LogP contribution < -0.4 is 10.1 Å². The van der Waals surface area contributed by atoms with E-state index in [0.29, 0.717) is 10.8 Å². The largest absolute Gasteiger partial charge is 0.456 e. The smallest absolute Gasteiger partial charge is 0.146 e. The van der Waals surface area contributed by atoms with Crippen molar-refractivity contribution in [2.45, 2.75) is 33.7 Å². The Kier molecular flexibility index (Phi) is 5.27. The lowest BCUT2D eigenvalue weighted by Gasteiger charge is -2.15. The van der Waals surface area contributed by atoms with Crippen LogP contribution in [-0.4, -0.2) is 6.54 Å². The highest BCUT2D eigenvalue weighted by atomic mass is 35.5. The molecule has 1 unspecified atom stereocenters. The Hall–Kier alpha value is -1.51. The molecule has 21 heavy (non-hydrogen) atoms. The maximum absolute atomic E-state index is 6.35. The van der Waals surface area contributed by atoms with Crippen molar-refractivity contribution in [1.82, 2.24) is 5.32 Å². The molecule has 2 aromatic carbocycles. The first kappa shape index (κ1) is 15.9. The molecule has 0 spiro atoms. The van der Waals surface area contributed by atoms with Gasteiger partial charge in [0.05, 0.1) is 5.02 Å². The van der Waals surface area contributed by atoms with Crippen molar-refractivity contribution in [2.24, 2.45) is 0 Å². The van der Waals surface area contributed by atoms with E-state index in [1.165, 1.54) is 11.1 Å². The maximum Gasteiger partial charge on any atom is 0.146 e. The highest BCUT2D eigenvalue weighted by molar-refractivity contribution is 6.32. The summed E-state index contributed by atoms with van der Waals surface area (Å²) in [7, 11) is 0. The molecule has 0 aliphatic heterocycles. The van der Waals surface area contributed by atoms with E-state index in [1.807, 2.05) is 24.3 Å². The zero-order valence-corrected chi connectivity index (χ0v) is 13.8. The fourth-order valence-electron chi connectivity index (χ4n) is 2.41. The first-order valence-electron chi connectivity index (χ1n) is 7.28.